The van der Waals surface area contributed by atoms with Crippen molar-refractivity contribution < 1.29 is 19.6 Å². The van der Waals surface area contributed by atoms with Crippen LogP contribution in [0.4, 0.5) is 17.1 Å². The summed E-state index contributed by atoms with van der Waals surface area (Å²) < 4.78 is 4.91. The van der Waals surface area contributed by atoms with Crippen LogP contribution in [0.1, 0.15) is 10.4 Å². The van der Waals surface area contributed by atoms with Crippen molar-refractivity contribution in [1.29, 1.82) is 0 Å². The molecule has 0 fully saturated rings. The Kier molecular flexibility index (Phi) is 3.98. The summed E-state index contributed by atoms with van der Waals surface area (Å²) in [6.07, 6.45) is 1.43. The number of methoxy groups -OCH3 is 1. The molecule has 0 amide bonds. The van der Waals surface area contributed by atoms with E-state index < -0.39 is 10.9 Å². The molecule has 8 nitrogen and oxygen atoms in total. The molecule has 0 saturated carbocycles. The van der Waals surface area contributed by atoms with Gasteiger partial charge in [-0.3, -0.25) is 10.1 Å². The molecule has 1 aromatic carbocycles. The molecule has 0 aliphatic carbocycles. The number of pyridine rings is 1. The van der Waals surface area contributed by atoms with Crippen molar-refractivity contribution in [3.63, 3.8) is 0 Å². The summed E-state index contributed by atoms with van der Waals surface area (Å²) in [5.41, 5.74) is 0.322. The van der Waals surface area contributed by atoms with Gasteiger partial charge in [0, 0.05) is 18.2 Å². The Balaban J connectivity index is 2.37. The number of benzene rings is 1. The maximum Gasteiger partial charge on any atom is 0.337 e. The number of aromatic nitrogens is 1. The molecule has 0 aliphatic rings. The van der Waals surface area contributed by atoms with Crippen molar-refractivity contribution in [2.75, 3.05) is 12.4 Å². The summed E-state index contributed by atoms with van der Waals surface area (Å²) in [6, 6.07) is 6.69. The fourth-order valence-electron chi connectivity index (χ4n) is 1.67. The van der Waals surface area contributed by atoms with Crippen LogP contribution in [-0.2, 0) is 0 Å². The molecule has 0 bridgehead atoms. The SMILES string of the molecule is COc1ccc(Nc2cc([N+](=O)[O-])ccc2C(=O)O)cn1. The molecule has 0 unspecified atom stereocenters. The predicted molar refractivity (Wildman–Crippen MR) is 74.1 cm³/mol. The van der Waals surface area contributed by atoms with Crippen molar-refractivity contribution >= 4 is 23.0 Å². The summed E-state index contributed by atoms with van der Waals surface area (Å²) in [7, 11) is 1.47. The molecule has 2 N–H and O–H groups in total. The van der Waals surface area contributed by atoms with Gasteiger partial charge in [-0.2, -0.15) is 0 Å². The zero-order valence-electron chi connectivity index (χ0n) is 10.9. The van der Waals surface area contributed by atoms with E-state index in [4.69, 9.17) is 9.84 Å². The van der Waals surface area contributed by atoms with Crippen LogP contribution in [0.2, 0.25) is 0 Å². The zero-order valence-corrected chi connectivity index (χ0v) is 10.9. The highest BCUT2D eigenvalue weighted by Gasteiger charge is 2.15. The summed E-state index contributed by atoms with van der Waals surface area (Å²) in [5, 5.41) is 22.7. The largest absolute Gasteiger partial charge is 0.481 e. The van der Waals surface area contributed by atoms with E-state index in [0.717, 1.165) is 12.1 Å². The number of nitro groups is 1. The van der Waals surface area contributed by atoms with Gasteiger partial charge in [0.2, 0.25) is 5.88 Å². The molecular weight excluding hydrogens is 278 g/mol. The quantitative estimate of drug-likeness (QED) is 0.641. The van der Waals surface area contributed by atoms with Gasteiger partial charge >= 0.3 is 5.97 Å². The monoisotopic (exact) mass is 289 g/mol. The van der Waals surface area contributed by atoms with Gasteiger partial charge < -0.3 is 15.2 Å². The first-order valence-electron chi connectivity index (χ1n) is 5.80. The normalized spacial score (nSPS) is 9.95. The number of non-ortho nitro benzene ring substituents is 1. The molecule has 0 aliphatic heterocycles. The van der Waals surface area contributed by atoms with E-state index in [-0.39, 0.29) is 16.9 Å². The Hall–Kier alpha value is -3.16. The molecule has 0 radical (unpaired) electrons. The van der Waals surface area contributed by atoms with Crippen molar-refractivity contribution in [2.24, 2.45) is 0 Å². The Morgan fingerprint density at radius 3 is 2.67 bits per heavy atom. The number of carboxylic acid groups (broad SMARTS) is 1. The number of aromatic carboxylic acids is 1. The third-order valence-corrected chi connectivity index (χ3v) is 2.67. The van der Waals surface area contributed by atoms with Gasteiger partial charge in [0.05, 0.1) is 35.2 Å². The van der Waals surface area contributed by atoms with Gasteiger partial charge in [-0.25, -0.2) is 9.78 Å². The molecule has 0 atom stereocenters. The highest BCUT2D eigenvalue weighted by molar-refractivity contribution is 5.95. The fraction of sp³-hybridized carbons (Fsp3) is 0.0769. The van der Waals surface area contributed by atoms with Crippen LogP contribution in [0.25, 0.3) is 0 Å². The van der Waals surface area contributed by atoms with E-state index in [1.54, 1.807) is 12.1 Å². The highest BCUT2D eigenvalue weighted by atomic mass is 16.6. The molecule has 1 heterocycles. The van der Waals surface area contributed by atoms with Crippen LogP contribution >= 0.6 is 0 Å². The lowest BCUT2D eigenvalue weighted by Gasteiger charge is -2.09. The number of rotatable bonds is 5. The molecule has 21 heavy (non-hydrogen) atoms. The topological polar surface area (TPSA) is 115 Å². The van der Waals surface area contributed by atoms with Gasteiger partial charge in [0.25, 0.3) is 5.69 Å². The Labute approximate surface area is 119 Å². The maximum absolute atomic E-state index is 11.1. The number of nitrogens with zero attached hydrogens (tertiary/aromatic N) is 2. The van der Waals surface area contributed by atoms with Gasteiger partial charge in [0.1, 0.15) is 0 Å². The van der Waals surface area contributed by atoms with E-state index >= 15 is 0 Å². The molecule has 8 heteroatoms. The second-order valence-electron chi connectivity index (χ2n) is 4.01. The minimum absolute atomic E-state index is 0.0728. The summed E-state index contributed by atoms with van der Waals surface area (Å²) in [5.74, 6) is -0.785. The van der Waals surface area contributed by atoms with E-state index in [2.05, 4.69) is 10.3 Å². The minimum Gasteiger partial charge on any atom is -0.481 e. The van der Waals surface area contributed by atoms with Gasteiger partial charge in [-0.05, 0) is 12.1 Å². The first-order chi connectivity index (χ1) is 10.0. The standard InChI is InChI=1S/C13H11N3O5/c1-21-12-5-2-8(7-14-12)15-11-6-9(16(19)20)3-4-10(11)13(17)18/h2-7,15H,1H3,(H,17,18). The number of carboxylic acids is 1. The first kappa shape index (κ1) is 14.3. The third-order valence-electron chi connectivity index (χ3n) is 2.67. The number of hydrogen-bond acceptors (Lipinski definition) is 6. The van der Waals surface area contributed by atoms with E-state index in [0.29, 0.717) is 11.6 Å². The Morgan fingerprint density at radius 1 is 1.38 bits per heavy atom. The zero-order chi connectivity index (χ0) is 15.4. The van der Waals surface area contributed by atoms with Crippen LogP contribution in [-0.4, -0.2) is 28.1 Å². The van der Waals surface area contributed by atoms with Crippen molar-refractivity contribution in [2.45, 2.75) is 0 Å². The number of nitro benzene ring substituents is 1. The average Bonchev–Trinajstić information content (AvgIpc) is 2.47. The van der Waals surface area contributed by atoms with E-state index in [9.17, 15) is 14.9 Å². The lowest BCUT2D eigenvalue weighted by molar-refractivity contribution is -0.384. The summed E-state index contributed by atoms with van der Waals surface area (Å²) >= 11 is 0. The van der Waals surface area contributed by atoms with Crippen molar-refractivity contribution in [3.8, 4) is 5.88 Å². The Bertz CT molecular complexity index is 685. The number of carbonyl (C=O) groups is 1. The van der Waals surface area contributed by atoms with Gasteiger partial charge in [-0.1, -0.05) is 0 Å². The molecule has 2 aromatic rings. The molecule has 108 valence electrons. The van der Waals surface area contributed by atoms with Crippen LogP contribution in [0.3, 0.4) is 0 Å². The van der Waals surface area contributed by atoms with Crippen LogP contribution in [0.15, 0.2) is 36.5 Å². The van der Waals surface area contributed by atoms with Crippen molar-refractivity contribution in [1.82, 2.24) is 4.98 Å². The number of nitrogens with one attached hydrogen (secondary N) is 1. The fourth-order valence-corrected chi connectivity index (χ4v) is 1.67. The smallest absolute Gasteiger partial charge is 0.337 e. The predicted octanol–water partition coefficient (Wildman–Crippen LogP) is 2.44. The second kappa shape index (κ2) is 5.87. The van der Waals surface area contributed by atoms with Crippen molar-refractivity contribution in [3.05, 3.63) is 52.2 Å². The molecule has 0 saturated heterocycles. The molecule has 2 rings (SSSR count). The van der Waals surface area contributed by atoms with Gasteiger partial charge in [-0.15, -0.1) is 0 Å². The number of hydrogen-bond donors (Lipinski definition) is 2. The third kappa shape index (κ3) is 3.24. The summed E-state index contributed by atoms with van der Waals surface area (Å²) in [4.78, 5) is 25.3. The Morgan fingerprint density at radius 2 is 2.14 bits per heavy atom. The van der Waals surface area contributed by atoms with Crippen LogP contribution in [0.5, 0.6) is 5.88 Å². The van der Waals surface area contributed by atoms with Crippen LogP contribution in [0, 0.1) is 10.1 Å². The summed E-state index contributed by atoms with van der Waals surface area (Å²) in [6.45, 7) is 0. The molecule has 1 aromatic heterocycles. The maximum atomic E-state index is 11.1. The number of anilines is 2. The lowest BCUT2D eigenvalue weighted by atomic mass is 10.1. The van der Waals surface area contributed by atoms with Gasteiger partial charge in [0.15, 0.2) is 0 Å². The number of ether oxygens (including phenoxy) is 1. The second-order valence-corrected chi connectivity index (χ2v) is 4.01. The highest BCUT2D eigenvalue weighted by Crippen LogP contribution is 2.26. The van der Waals surface area contributed by atoms with E-state index in [1.807, 2.05) is 0 Å². The van der Waals surface area contributed by atoms with Crippen LogP contribution < -0.4 is 10.1 Å². The first-order valence-corrected chi connectivity index (χ1v) is 5.80. The molecular formula is C13H11N3O5. The lowest BCUT2D eigenvalue weighted by Crippen LogP contribution is -2.04. The molecule has 0 spiro atoms. The van der Waals surface area contributed by atoms with E-state index in [1.165, 1.54) is 19.4 Å². The minimum atomic E-state index is -1.19. The average molecular weight is 289 g/mol.